The number of hydrogen-bond donors (Lipinski definition) is 2. The number of nitrogens with zero attached hydrogens (tertiary/aromatic N) is 1. The summed E-state index contributed by atoms with van der Waals surface area (Å²) in [5, 5.41) is 8.71. The highest BCUT2D eigenvalue weighted by Gasteiger charge is 2.41. The fourth-order valence-corrected chi connectivity index (χ4v) is 5.82. The lowest BCUT2D eigenvalue weighted by atomic mass is 9.59. The summed E-state index contributed by atoms with van der Waals surface area (Å²) in [7, 11) is 2.21. The lowest BCUT2D eigenvalue weighted by Crippen LogP contribution is -2.42. The number of hydroxylamine groups is 1. The van der Waals surface area contributed by atoms with E-state index in [0.29, 0.717) is 11.0 Å². The lowest BCUT2D eigenvalue weighted by Gasteiger charge is -2.49. The standard InChI is InChI=1S/C22H34N2O2/c1-4-16-9-18-11-19(10-16)13-22(2,12-18)15-24(3)14-17-5-7-20(8-6-17)21(25)23-26/h5-8,16,18-19,26H,4,9-15H2,1-3H3,(H,23,25). The van der Waals surface area contributed by atoms with Crippen LogP contribution in [0.5, 0.6) is 0 Å². The third-order valence-corrected chi connectivity index (χ3v) is 6.56. The van der Waals surface area contributed by atoms with Gasteiger partial charge in [-0.05, 0) is 80.0 Å². The van der Waals surface area contributed by atoms with Crippen LogP contribution in [0.1, 0.15) is 68.3 Å². The van der Waals surface area contributed by atoms with E-state index in [1.54, 1.807) is 17.6 Å². The number of carbonyl (C=O) groups is 1. The lowest BCUT2D eigenvalue weighted by molar-refractivity contribution is 0.0202. The quantitative estimate of drug-likeness (QED) is 0.582. The second-order valence-corrected chi connectivity index (χ2v) is 9.24. The Hall–Kier alpha value is -1.39. The highest BCUT2D eigenvalue weighted by Crippen LogP contribution is 2.51. The maximum absolute atomic E-state index is 11.4. The molecular formula is C22H34N2O2. The summed E-state index contributed by atoms with van der Waals surface area (Å²) >= 11 is 0. The molecule has 2 atom stereocenters. The Kier molecular flexibility index (Phi) is 6.03. The molecule has 26 heavy (non-hydrogen) atoms. The Labute approximate surface area is 157 Å². The summed E-state index contributed by atoms with van der Waals surface area (Å²) in [5.41, 5.74) is 3.79. The van der Waals surface area contributed by atoms with Gasteiger partial charge in [0.15, 0.2) is 0 Å². The third kappa shape index (κ3) is 4.66. The summed E-state index contributed by atoms with van der Waals surface area (Å²) in [5.74, 6) is 2.37. The zero-order chi connectivity index (χ0) is 18.7. The zero-order valence-corrected chi connectivity index (χ0v) is 16.5. The van der Waals surface area contributed by atoms with Gasteiger partial charge in [0.25, 0.3) is 5.91 Å². The van der Waals surface area contributed by atoms with E-state index < -0.39 is 5.91 Å². The Bertz CT molecular complexity index is 599. The SMILES string of the molecule is CCC1CC2CC(C1)CC(C)(CN(C)Cc1ccc(C(=O)NO)cc1)C2. The minimum atomic E-state index is -0.462. The summed E-state index contributed by atoms with van der Waals surface area (Å²) in [6, 6.07) is 7.49. The maximum atomic E-state index is 11.4. The van der Waals surface area contributed by atoms with Crippen LogP contribution in [0.15, 0.2) is 24.3 Å². The maximum Gasteiger partial charge on any atom is 0.274 e. The molecule has 1 amide bonds. The van der Waals surface area contributed by atoms with Gasteiger partial charge in [-0.15, -0.1) is 0 Å². The van der Waals surface area contributed by atoms with E-state index in [1.165, 1.54) is 44.1 Å². The molecule has 1 aromatic rings. The number of amides is 1. The van der Waals surface area contributed by atoms with E-state index in [2.05, 4.69) is 25.8 Å². The van der Waals surface area contributed by atoms with Gasteiger partial charge < -0.3 is 4.90 Å². The largest absolute Gasteiger partial charge is 0.302 e. The van der Waals surface area contributed by atoms with E-state index in [-0.39, 0.29) is 0 Å². The van der Waals surface area contributed by atoms with Gasteiger partial charge in [-0.3, -0.25) is 10.0 Å². The third-order valence-electron chi connectivity index (χ3n) is 6.56. The smallest absolute Gasteiger partial charge is 0.274 e. The predicted molar refractivity (Wildman–Crippen MR) is 104 cm³/mol. The molecule has 2 aliphatic carbocycles. The van der Waals surface area contributed by atoms with Crippen molar-refractivity contribution < 1.29 is 10.0 Å². The molecule has 0 aromatic heterocycles. The van der Waals surface area contributed by atoms with Crippen molar-refractivity contribution in [1.29, 1.82) is 0 Å². The molecule has 2 unspecified atom stereocenters. The molecule has 4 heteroatoms. The van der Waals surface area contributed by atoms with Crippen LogP contribution in [-0.2, 0) is 6.54 Å². The molecule has 3 rings (SSSR count). The monoisotopic (exact) mass is 358 g/mol. The highest BCUT2D eigenvalue weighted by molar-refractivity contribution is 5.93. The van der Waals surface area contributed by atoms with Crippen molar-refractivity contribution in [1.82, 2.24) is 10.4 Å². The Morgan fingerprint density at radius 3 is 2.35 bits per heavy atom. The first-order valence-electron chi connectivity index (χ1n) is 10.1. The van der Waals surface area contributed by atoms with Gasteiger partial charge in [-0.1, -0.05) is 32.4 Å². The number of fused-ring (bicyclic) bond motifs is 2. The number of hydrogen-bond acceptors (Lipinski definition) is 3. The molecule has 0 heterocycles. The second kappa shape index (κ2) is 8.10. The molecule has 2 fully saturated rings. The highest BCUT2D eigenvalue weighted by atomic mass is 16.5. The van der Waals surface area contributed by atoms with Gasteiger partial charge in [0.1, 0.15) is 0 Å². The fourth-order valence-electron chi connectivity index (χ4n) is 5.82. The fraction of sp³-hybridized carbons (Fsp3) is 0.682. The first kappa shape index (κ1) is 19.4. The molecule has 2 saturated carbocycles. The van der Waals surface area contributed by atoms with Crippen LogP contribution in [0.25, 0.3) is 0 Å². The molecule has 0 saturated heterocycles. The van der Waals surface area contributed by atoms with Crippen molar-refractivity contribution in [2.24, 2.45) is 23.2 Å². The minimum Gasteiger partial charge on any atom is -0.302 e. The van der Waals surface area contributed by atoms with E-state index in [0.717, 1.165) is 30.8 Å². The molecular weight excluding hydrogens is 324 g/mol. The van der Waals surface area contributed by atoms with E-state index in [1.807, 2.05) is 12.1 Å². The molecule has 2 aliphatic rings. The van der Waals surface area contributed by atoms with E-state index >= 15 is 0 Å². The average Bonchev–Trinajstić information content (AvgIpc) is 2.60. The Balaban J connectivity index is 1.56. The number of carbonyl (C=O) groups excluding carboxylic acids is 1. The molecule has 144 valence electrons. The minimum absolute atomic E-state index is 0.428. The van der Waals surface area contributed by atoms with E-state index in [9.17, 15) is 4.79 Å². The molecule has 2 bridgehead atoms. The van der Waals surface area contributed by atoms with Crippen LogP contribution >= 0.6 is 0 Å². The van der Waals surface area contributed by atoms with Crippen LogP contribution in [0, 0.1) is 23.2 Å². The molecule has 0 radical (unpaired) electrons. The van der Waals surface area contributed by atoms with Crippen LogP contribution < -0.4 is 5.48 Å². The number of benzene rings is 1. The first-order chi connectivity index (χ1) is 12.4. The molecule has 0 spiro atoms. The normalized spacial score (nSPS) is 31.0. The van der Waals surface area contributed by atoms with Gasteiger partial charge in [0.2, 0.25) is 0 Å². The van der Waals surface area contributed by atoms with Gasteiger partial charge in [-0.2, -0.15) is 0 Å². The van der Waals surface area contributed by atoms with Crippen LogP contribution in [0.4, 0.5) is 0 Å². The predicted octanol–water partition coefficient (Wildman–Crippen LogP) is 4.48. The van der Waals surface area contributed by atoms with Crippen molar-refractivity contribution in [3.63, 3.8) is 0 Å². The van der Waals surface area contributed by atoms with Crippen molar-refractivity contribution in [2.45, 2.75) is 58.9 Å². The van der Waals surface area contributed by atoms with Crippen molar-refractivity contribution in [2.75, 3.05) is 13.6 Å². The first-order valence-corrected chi connectivity index (χ1v) is 10.1. The topological polar surface area (TPSA) is 52.6 Å². The number of nitrogens with one attached hydrogen (secondary N) is 1. The summed E-state index contributed by atoms with van der Waals surface area (Å²) in [6.45, 7) is 6.87. The zero-order valence-electron chi connectivity index (χ0n) is 16.5. The van der Waals surface area contributed by atoms with Crippen LogP contribution in [-0.4, -0.2) is 29.6 Å². The summed E-state index contributed by atoms with van der Waals surface area (Å²) in [4.78, 5) is 13.9. The van der Waals surface area contributed by atoms with Gasteiger partial charge in [0.05, 0.1) is 0 Å². The van der Waals surface area contributed by atoms with Crippen molar-refractivity contribution >= 4 is 5.91 Å². The molecule has 0 aliphatic heterocycles. The number of rotatable bonds is 6. The summed E-state index contributed by atoms with van der Waals surface area (Å²) < 4.78 is 0. The van der Waals surface area contributed by atoms with Crippen LogP contribution in [0.2, 0.25) is 0 Å². The molecule has 2 N–H and O–H groups in total. The Morgan fingerprint density at radius 1 is 1.19 bits per heavy atom. The van der Waals surface area contributed by atoms with E-state index in [4.69, 9.17) is 5.21 Å². The van der Waals surface area contributed by atoms with Crippen LogP contribution in [0.3, 0.4) is 0 Å². The van der Waals surface area contributed by atoms with Gasteiger partial charge >= 0.3 is 0 Å². The van der Waals surface area contributed by atoms with Crippen molar-refractivity contribution in [3.05, 3.63) is 35.4 Å². The molecule has 4 nitrogen and oxygen atoms in total. The molecule has 1 aromatic carbocycles. The van der Waals surface area contributed by atoms with Gasteiger partial charge in [-0.25, -0.2) is 5.48 Å². The van der Waals surface area contributed by atoms with Crippen molar-refractivity contribution in [3.8, 4) is 0 Å². The second-order valence-electron chi connectivity index (χ2n) is 9.24. The Morgan fingerprint density at radius 2 is 1.81 bits per heavy atom. The van der Waals surface area contributed by atoms with Gasteiger partial charge in [0, 0.05) is 18.7 Å². The summed E-state index contributed by atoms with van der Waals surface area (Å²) in [6.07, 6.45) is 8.46. The average molecular weight is 359 g/mol.